The summed E-state index contributed by atoms with van der Waals surface area (Å²) in [6.45, 7) is 4.81. The molecule has 0 aliphatic carbocycles. The Morgan fingerprint density at radius 2 is 1.78 bits per heavy atom. The molecule has 0 unspecified atom stereocenters. The van der Waals surface area contributed by atoms with Crippen molar-refractivity contribution in [2.24, 2.45) is 0 Å². The van der Waals surface area contributed by atoms with Gasteiger partial charge in [-0.1, -0.05) is 31.4 Å². The lowest BCUT2D eigenvalue weighted by molar-refractivity contribution is 0.240. The summed E-state index contributed by atoms with van der Waals surface area (Å²) in [6.07, 6.45) is 8.23. The third-order valence-electron chi connectivity index (χ3n) is 4.24. The summed E-state index contributed by atoms with van der Waals surface area (Å²) in [4.78, 5) is 2.63. The van der Waals surface area contributed by atoms with Gasteiger partial charge in [-0.15, -0.1) is 0 Å². The first-order valence-corrected chi connectivity index (χ1v) is 7.50. The largest absolute Gasteiger partial charge is 0.384 e. The number of hydrogen-bond donors (Lipinski definition) is 1. The maximum absolute atomic E-state index is 3.48. The summed E-state index contributed by atoms with van der Waals surface area (Å²) in [7, 11) is 0. The fourth-order valence-electron chi connectivity index (χ4n) is 3.17. The van der Waals surface area contributed by atoms with Crippen molar-refractivity contribution in [3.05, 3.63) is 29.3 Å². The number of benzene rings is 1. The summed E-state index contributed by atoms with van der Waals surface area (Å²) in [5.74, 6) is 0. The van der Waals surface area contributed by atoms with Crippen molar-refractivity contribution in [3.63, 3.8) is 0 Å². The predicted molar refractivity (Wildman–Crippen MR) is 77.0 cm³/mol. The number of nitrogens with one attached hydrogen (secondary N) is 1. The SMILES string of the molecule is c1cc2c(cc1CN1CCCCCCC1)NCC2. The summed E-state index contributed by atoms with van der Waals surface area (Å²) in [6, 6.07) is 7.00. The van der Waals surface area contributed by atoms with E-state index in [9.17, 15) is 0 Å². The van der Waals surface area contributed by atoms with Crippen LogP contribution >= 0.6 is 0 Å². The van der Waals surface area contributed by atoms with Crippen LogP contribution in [0.15, 0.2) is 18.2 Å². The van der Waals surface area contributed by atoms with Crippen LogP contribution in [0, 0.1) is 0 Å². The molecule has 2 aliphatic rings. The molecule has 1 fully saturated rings. The Hall–Kier alpha value is -1.02. The van der Waals surface area contributed by atoms with Gasteiger partial charge in [-0.2, -0.15) is 0 Å². The maximum Gasteiger partial charge on any atom is 0.0376 e. The minimum Gasteiger partial charge on any atom is -0.384 e. The van der Waals surface area contributed by atoms with Crippen molar-refractivity contribution >= 4 is 5.69 Å². The van der Waals surface area contributed by atoms with Crippen LogP contribution in [-0.4, -0.2) is 24.5 Å². The van der Waals surface area contributed by atoms with Crippen molar-refractivity contribution in [3.8, 4) is 0 Å². The molecule has 98 valence electrons. The number of fused-ring (bicyclic) bond motifs is 1. The molecule has 0 bridgehead atoms. The lowest BCUT2D eigenvalue weighted by atomic mass is 10.1. The minimum absolute atomic E-state index is 1.11. The van der Waals surface area contributed by atoms with Crippen LogP contribution in [0.1, 0.15) is 43.2 Å². The molecule has 2 heteroatoms. The zero-order chi connectivity index (χ0) is 12.2. The highest BCUT2D eigenvalue weighted by Gasteiger charge is 2.12. The van der Waals surface area contributed by atoms with Gasteiger partial charge in [-0.3, -0.25) is 4.90 Å². The fourth-order valence-corrected chi connectivity index (χ4v) is 3.17. The van der Waals surface area contributed by atoms with E-state index >= 15 is 0 Å². The molecule has 0 amide bonds. The van der Waals surface area contributed by atoms with Crippen LogP contribution in [0.3, 0.4) is 0 Å². The summed E-state index contributed by atoms with van der Waals surface area (Å²) < 4.78 is 0. The molecule has 0 radical (unpaired) electrons. The van der Waals surface area contributed by atoms with Crippen LogP contribution in [0.2, 0.25) is 0 Å². The summed E-state index contributed by atoms with van der Waals surface area (Å²) in [5, 5.41) is 3.48. The Labute approximate surface area is 110 Å². The van der Waals surface area contributed by atoms with E-state index in [0.717, 1.165) is 13.1 Å². The molecule has 2 heterocycles. The second-order valence-corrected chi connectivity index (χ2v) is 5.71. The lowest BCUT2D eigenvalue weighted by Gasteiger charge is -2.24. The molecule has 0 aromatic heterocycles. The average Bonchev–Trinajstić information content (AvgIpc) is 2.79. The smallest absolute Gasteiger partial charge is 0.0376 e. The van der Waals surface area contributed by atoms with E-state index in [2.05, 4.69) is 28.4 Å². The van der Waals surface area contributed by atoms with E-state index < -0.39 is 0 Å². The van der Waals surface area contributed by atoms with Crippen molar-refractivity contribution in [2.45, 2.75) is 45.1 Å². The van der Waals surface area contributed by atoms with E-state index in [1.165, 1.54) is 68.4 Å². The van der Waals surface area contributed by atoms with Gasteiger partial charge < -0.3 is 5.32 Å². The average molecular weight is 244 g/mol. The van der Waals surface area contributed by atoms with Crippen molar-refractivity contribution in [1.82, 2.24) is 4.90 Å². The molecule has 1 aromatic rings. The molecule has 0 atom stereocenters. The fraction of sp³-hybridized carbons (Fsp3) is 0.625. The van der Waals surface area contributed by atoms with E-state index in [0.29, 0.717) is 0 Å². The van der Waals surface area contributed by atoms with Crippen molar-refractivity contribution < 1.29 is 0 Å². The molecule has 1 N–H and O–H groups in total. The third kappa shape index (κ3) is 2.86. The first-order valence-electron chi connectivity index (χ1n) is 7.50. The molecule has 1 aromatic carbocycles. The first kappa shape index (κ1) is 12.0. The second kappa shape index (κ2) is 5.75. The Kier molecular flexibility index (Phi) is 3.84. The lowest BCUT2D eigenvalue weighted by Crippen LogP contribution is -2.26. The van der Waals surface area contributed by atoms with Gasteiger partial charge in [0.1, 0.15) is 0 Å². The number of likely N-dealkylation sites (tertiary alicyclic amines) is 1. The predicted octanol–water partition coefficient (Wildman–Crippen LogP) is 3.42. The molecule has 3 rings (SSSR count). The normalized spacial score (nSPS) is 20.9. The van der Waals surface area contributed by atoms with E-state index in [-0.39, 0.29) is 0 Å². The van der Waals surface area contributed by atoms with Crippen LogP contribution in [0.5, 0.6) is 0 Å². The third-order valence-corrected chi connectivity index (χ3v) is 4.24. The Balaban J connectivity index is 1.64. The van der Waals surface area contributed by atoms with E-state index in [1.54, 1.807) is 0 Å². The molecule has 2 aliphatic heterocycles. The number of nitrogens with zero attached hydrogens (tertiary/aromatic N) is 1. The molecule has 2 nitrogen and oxygen atoms in total. The van der Waals surface area contributed by atoms with Gasteiger partial charge in [0.15, 0.2) is 0 Å². The Bertz CT molecular complexity index is 392. The zero-order valence-electron chi connectivity index (χ0n) is 11.3. The molecule has 18 heavy (non-hydrogen) atoms. The molecule has 0 saturated carbocycles. The maximum atomic E-state index is 3.48. The van der Waals surface area contributed by atoms with Gasteiger partial charge in [-0.25, -0.2) is 0 Å². The highest BCUT2D eigenvalue weighted by atomic mass is 15.1. The molecule has 0 spiro atoms. The van der Waals surface area contributed by atoms with E-state index in [1.807, 2.05) is 0 Å². The topological polar surface area (TPSA) is 15.3 Å². The van der Waals surface area contributed by atoms with Crippen LogP contribution in [0.4, 0.5) is 5.69 Å². The second-order valence-electron chi connectivity index (χ2n) is 5.71. The van der Waals surface area contributed by atoms with Gasteiger partial charge in [0.25, 0.3) is 0 Å². The minimum atomic E-state index is 1.11. The van der Waals surface area contributed by atoms with Gasteiger partial charge in [0.2, 0.25) is 0 Å². The van der Waals surface area contributed by atoms with Crippen LogP contribution in [-0.2, 0) is 13.0 Å². The molecule has 1 saturated heterocycles. The number of anilines is 1. The monoisotopic (exact) mass is 244 g/mol. The standard InChI is InChI=1S/C16H24N2/c1-2-4-10-18(11-5-3-1)13-14-6-7-15-8-9-17-16(15)12-14/h6-7,12,17H,1-5,8-11,13H2. The van der Waals surface area contributed by atoms with Gasteiger partial charge in [0, 0.05) is 18.8 Å². The summed E-state index contributed by atoms with van der Waals surface area (Å²) in [5.41, 5.74) is 4.34. The quantitative estimate of drug-likeness (QED) is 0.857. The van der Waals surface area contributed by atoms with Crippen LogP contribution < -0.4 is 5.32 Å². The highest BCUT2D eigenvalue weighted by Crippen LogP contribution is 2.24. The Morgan fingerprint density at radius 3 is 2.61 bits per heavy atom. The molecular formula is C16H24N2. The first-order chi connectivity index (χ1) is 8.92. The van der Waals surface area contributed by atoms with Crippen molar-refractivity contribution in [2.75, 3.05) is 25.0 Å². The molecular weight excluding hydrogens is 220 g/mol. The Morgan fingerprint density at radius 1 is 1.00 bits per heavy atom. The zero-order valence-corrected chi connectivity index (χ0v) is 11.3. The number of hydrogen-bond acceptors (Lipinski definition) is 2. The summed E-state index contributed by atoms with van der Waals surface area (Å²) >= 11 is 0. The van der Waals surface area contributed by atoms with Gasteiger partial charge in [0.05, 0.1) is 0 Å². The van der Waals surface area contributed by atoms with Gasteiger partial charge in [-0.05, 0) is 49.5 Å². The van der Waals surface area contributed by atoms with Gasteiger partial charge >= 0.3 is 0 Å². The van der Waals surface area contributed by atoms with Crippen molar-refractivity contribution in [1.29, 1.82) is 0 Å². The van der Waals surface area contributed by atoms with Crippen LogP contribution in [0.25, 0.3) is 0 Å². The van der Waals surface area contributed by atoms with E-state index in [4.69, 9.17) is 0 Å². The highest BCUT2D eigenvalue weighted by molar-refractivity contribution is 5.56. The number of rotatable bonds is 2.